The Balaban J connectivity index is 1.61. The lowest BCUT2D eigenvalue weighted by atomic mass is 9.94. The second kappa shape index (κ2) is 8.52. The summed E-state index contributed by atoms with van der Waals surface area (Å²) in [6, 6.07) is 0.241. The number of hydrogen-bond donors (Lipinski definition) is 1. The number of aryl methyl sites for hydroxylation is 1. The van der Waals surface area contributed by atoms with Gasteiger partial charge in [0.2, 0.25) is 5.91 Å². The van der Waals surface area contributed by atoms with Crippen molar-refractivity contribution in [3.63, 3.8) is 0 Å². The number of carbonyl (C=O) groups is 1. The number of piperidine rings is 1. The highest BCUT2D eigenvalue weighted by molar-refractivity contribution is 7.89. The van der Waals surface area contributed by atoms with E-state index < -0.39 is 10.0 Å². The molecule has 1 aromatic heterocycles. The molecule has 7 nitrogen and oxygen atoms in total. The first kappa shape index (κ1) is 19.4. The van der Waals surface area contributed by atoms with Gasteiger partial charge in [-0.2, -0.15) is 4.31 Å². The fraction of sp³-hybridized carbons (Fsp3) is 0.778. The van der Waals surface area contributed by atoms with E-state index in [0.717, 1.165) is 32.1 Å². The number of sulfonamides is 1. The van der Waals surface area contributed by atoms with Gasteiger partial charge in [0.15, 0.2) is 5.03 Å². The highest BCUT2D eigenvalue weighted by atomic mass is 32.2. The largest absolute Gasteiger partial charge is 0.353 e. The van der Waals surface area contributed by atoms with Crippen LogP contribution in [0.25, 0.3) is 0 Å². The van der Waals surface area contributed by atoms with E-state index in [1.165, 1.54) is 36.1 Å². The first-order chi connectivity index (χ1) is 12.5. The number of nitrogens with zero attached hydrogens (tertiary/aromatic N) is 3. The molecule has 1 amide bonds. The Bertz CT molecular complexity index is 708. The second-order valence-corrected chi connectivity index (χ2v) is 9.52. The third kappa shape index (κ3) is 4.65. The average molecular weight is 383 g/mol. The Labute approximate surface area is 156 Å². The normalized spacial score (nSPS) is 24.0. The van der Waals surface area contributed by atoms with Crippen molar-refractivity contribution >= 4 is 15.9 Å². The number of rotatable bonds is 4. The zero-order valence-electron chi connectivity index (χ0n) is 15.6. The van der Waals surface area contributed by atoms with Gasteiger partial charge < -0.3 is 9.88 Å². The van der Waals surface area contributed by atoms with Gasteiger partial charge in [-0.05, 0) is 25.7 Å². The maximum atomic E-state index is 12.8. The fourth-order valence-corrected chi connectivity index (χ4v) is 5.44. The van der Waals surface area contributed by atoms with Crippen LogP contribution in [0, 0.1) is 5.92 Å². The molecule has 1 aromatic rings. The smallest absolute Gasteiger partial charge is 0.262 e. The van der Waals surface area contributed by atoms with E-state index in [2.05, 4.69) is 10.3 Å². The molecule has 1 N–H and O–H groups in total. The van der Waals surface area contributed by atoms with E-state index in [1.807, 2.05) is 0 Å². The van der Waals surface area contributed by atoms with E-state index in [4.69, 9.17) is 0 Å². The third-order valence-corrected chi connectivity index (χ3v) is 7.24. The highest BCUT2D eigenvalue weighted by Gasteiger charge is 2.34. The summed E-state index contributed by atoms with van der Waals surface area (Å²) in [5.74, 6) is -0.260. The van der Waals surface area contributed by atoms with Crippen LogP contribution in [-0.4, -0.2) is 47.3 Å². The molecule has 0 radical (unpaired) electrons. The summed E-state index contributed by atoms with van der Waals surface area (Å²) in [4.78, 5) is 16.7. The molecule has 1 saturated heterocycles. The van der Waals surface area contributed by atoms with E-state index in [9.17, 15) is 13.2 Å². The Kier molecular flexibility index (Phi) is 6.34. The summed E-state index contributed by atoms with van der Waals surface area (Å²) >= 11 is 0. The minimum Gasteiger partial charge on any atom is -0.353 e. The predicted octanol–water partition coefficient (Wildman–Crippen LogP) is 2.05. The van der Waals surface area contributed by atoms with Crippen LogP contribution in [-0.2, 0) is 21.9 Å². The van der Waals surface area contributed by atoms with Gasteiger partial charge in [0.25, 0.3) is 10.0 Å². The molecule has 2 heterocycles. The zero-order chi connectivity index (χ0) is 18.6. The molecular weight excluding hydrogens is 352 g/mol. The first-order valence-electron chi connectivity index (χ1n) is 9.75. The molecule has 26 heavy (non-hydrogen) atoms. The minimum absolute atomic E-state index is 0.0106. The fourth-order valence-electron chi connectivity index (χ4n) is 3.95. The molecule has 146 valence electrons. The molecule has 2 aliphatic rings. The van der Waals surface area contributed by atoms with Crippen molar-refractivity contribution in [2.45, 2.75) is 68.9 Å². The molecule has 1 saturated carbocycles. The van der Waals surface area contributed by atoms with Crippen LogP contribution in [0.4, 0.5) is 0 Å². The standard InChI is InChI=1S/C18H30N4O3S/c1-21-13-17(19-14-21)26(24,25)22-11-7-8-15(12-22)18(23)20-16-9-5-3-2-4-6-10-16/h13-16H,2-12H2,1H3,(H,20,23)/t15-/m1/s1. The Morgan fingerprint density at radius 3 is 2.46 bits per heavy atom. The Hall–Kier alpha value is -1.41. The molecule has 0 spiro atoms. The van der Waals surface area contributed by atoms with Crippen molar-refractivity contribution in [3.8, 4) is 0 Å². The molecule has 0 unspecified atom stereocenters. The van der Waals surface area contributed by atoms with Gasteiger partial charge in [-0.3, -0.25) is 4.79 Å². The van der Waals surface area contributed by atoms with Crippen LogP contribution in [0.3, 0.4) is 0 Å². The molecule has 1 aliphatic carbocycles. The summed E-state index contributed by atoms with van der Waals surface area (Å²) in [5, 5.41) is 3.25. The quantitative estimate of drug-likeness (QED) is 0.864. The number of imidazole rings is 1. The molecule has 8 heteroatoms. The monoisotopic (exact) mass is 382 g/mol. The number of carbonyl (C=O) groups excluding carboxylic acids is 1. The molecule has 3 rings (SSSR count). The molecular formula is C18H30N4O3S. The Morgan fingerprint density at radius 2 is 1.81 bits per heavy atom. The highest BCUT2D eigenvalue weighted by Crippen LogP contribution is 2.24. The van der Waals surface area contributed by atoms with Crippen molar-refractivity contribution in [2.24, 2.45) is 13.0 Å². The van der Waals surface area contributed by atoms with Crippen molar-refractivity contribution in [1.29, 1.82) is 0 Å². The number of amides is 1. The predicted molar refractivity (Wildman–Crippen MR) is 98.9 cm³/mol. The topological polar surface area (TPSA) is 84.3 Å². The lowest BCUT2D eigenvalue weighted by molar-refractivity contribution is -0.126. The van der Waals surface area contributed by atoms with E-state index >= 15 is 0 Å². The summed E-state index contributed by atoms with van der Waals surface area (Å²) in [5.41, 5.74) is 0. The van der Waals surface area contributed by atoms with Crippen molar-refractivity contribution in [2.75, 3.05) is 13.1 Å². The minimum atomic E-state index is -3.63. The van der Waals surface area contributed by atoms with Crippen LogP contribution in [0.5, 0.6) is 0 Å². The van der Waals surface area contributed by atoms with Crippen LogP contribution >= 0.6 is 0 Å². The van der Waals surface area contributed by atoms with Crippen molar-refractivity contribution in [1.82, 2.24) is 19.2 Å². The van der Waals surface area contributed by atoms with Crippen LogP contribution < -0.4 is 5.32 Å². The lowest BCUT2D eigenvalue weighted by Crippen LogP contribution is -2.47. The number of hydrogen-bond acceptors (Lipinski definition) is 4. The van der Waals surface area contributed by atoms with Gasteiger partial charge in [0.1, 0.15) is 0 Å². The maximum Gasteiger partial charge on any atom is 0.262 e. The van der Waals surface area contributed by atoms with Gasteiger partial charge in [-0.25, -0.2) is 13.4 Å². The number of aromatic nitrogens is 2. The molecule has 0 bridgehead atoms. The zero-order valence-corrected chi connectivity index (χ0v) is 16.4. The summed E-state index contributed by atoms with van der Waals surface area (Å²) in [7, 11) is -1.89. The second-order valence-electron chi connectivity index (χ2n) is 7.63. The average Bonchev–Trinajstić information content (AvgIpc) is 3.04. The molecule has 1 aliphatic heterocycles. The summed E-state index contributed by atoms with van der Waals surface area (Å²) < 4.78 is 28.6. The van der Waals surface area contributed by atoms with Crippen molar-refractivity contribution < 1.29 is 13.2 Å². The molecule has 1 atom stereocenters. The van der Waals surface area contributed by atoms with Gasteiger partial charge in [0.05, 0.1) is 12.2 Å². The summed E-state index contributed by atoms with van der Waals surface area (Å²) in [6.45, 7) is 0.698. The van der Waals surface area contributed by atoms with Gasteiger partial charge in [0, 0.05) is 32.4 Å². The summed E-state index contributed by atoms with van der Waals surface area (Å²) in [6.07, 6.45) is 12.6. The van der Waals surface area contributed by atoms with E-state index in [-0.39, 0.29) is 29.4 Å². The number of nitrogens with one attached hydrogen (secondary N) is 1. The SMILES string of the molecule is Cn1cnc(S(=O)(=O)N2CCC[C@@H](C(=O)NC3CCCCCCC3)C2)c1. The lowest BCUT2D eigenvalue weighted by Gasteiger charge is -2.32. The molecule has 2 fully saturated rings. The molecule has 0 aromatic carbocycles. The van der Waals surface area contributed by atoms with E-state index in [1.54, 1.807) is 11.6 Å². The van der Waals surface area contributed by atoms with Crippen LogP contribution in [0.2, 0.25) is 0 Å². The van der Waals surface area contributed by atoms with Gasteiger partial charge in [-0.15, -0.1) is 0 Å². The van der Waals surface area contributed by atoms with E-state index in [0.29, 0.717) is 13.0 Å². The third-order valence-electron chi connectivity index (χ3n) is 5.49. The first-order valence-corrected chi connectivity index (χ1v) is 11.2. The van der Waals surface area contributed by atoms with Gasteiger partial charge >= 0.3 is 0 Å². The van der Waals surface area contributed by atoms with Crippen LogP contribution in [0.15, 0.2) is 17.6 Å². The van der Waals surface area contributed by atoms with Crippen LogP contribution in [0.1, 0.15) is 57.8 Å². The maximum absolute atomic E-state index is 12.8. The van der Waals surface area contributed by atoms with Crippen molar-refractivity contribution in [3.05, 3.63) is 12.5 Å². The Morgan fingerprint density at radius 1 is 1.12 bits per heavy atom. The van der Waals surface area contributed by atoms with Gasteiger partial charge in [-0.1, -0.05) is 32.1 Å².